The van der Waals surface area contributed by atoms with E-state index in [1.165, 1.54) is 10.5 Å². The van der Waals surface area contributed by atoms with Crippen LogP contribution in [0.3, 0.4) is 0 Å². The summed E-state index contributed by atoms with van der Waals surface area (Å²) < 4.78 is 6.97. The molecule has 0 radical (unpaired) electrons. The number of rotatable bonds is 7. The number of methoxy groups -OCH3 is 1. The van der Waals surface area contributed by atoms with Gasteiger partial charge < -0.3 is 9.64 Å². The molecule has 2 amide bonds. The summed E-state index contributed by atoms with van der Waals surface area (Å²) in [6.45, 7) is 5.06. The fourth-order valence-electron chi connectivity index (χ4n) is 4.55. The Morgan fingerprint density at radius 3 is 2.39 bits per heavy atom. The Hall–Kier alpha value is -3.65. The second-order valence-electron chi connectivity index (χ2n) is 8.34. The fraction of sp³-hybridized carbons (Fsp3) is 0.320. The molecule has 1 aromatic heterocycles. The van der Waals surface area contributed by atoms with E-state index in [1.807, 2.05) is 36.5 Å². The van der Waals surface area contributed by atoms with Crippen molar-refractivity contribution in [2.75, 3.05) is 44.7 Å². The van der Waals surface area contributed by atoms with Crippen LogP contribution in [0.4, 0.5) is 5.69 Å². The molecule has 33 heavy (non-hydrogen) atoms. The van der Waals surface area contributed by atoms with E-state index in [9.17, 15) is 9.59 Å². The zero-order chi connectivity index (χ0) is 22.8. The summed E-state index contributed by atoms with van der Waals surface area (Å²) in [5.41, 5.74) is 3.14. The second-order valence-corrected chi connectivity index (χ2v) is 8.34. The third kappa shape index (κ3) is 4.21. The topological polar surface area (TPSA) is 70.9 Å². The summed E-state index contributed by atoms with van der Waals surface area (Å²) in [4.78, 5) is 32.1. The Morgan fingerprint density at radius 1 is 0.909 bits per heavy atom. The van der Waals surface area contributed by atoms with E-state index in [0.717, 1.165) is 44.2 Å². The zero-order valence-electron chi connectivity index (χ0n) is 18.7. The van der Waals surface area contributed by atoms with Gasteiger partial charge in [-0.05, 0) is 35.9 Å². The monoisotopic (exact) mass is 445 g/mol. The van der Waals surface area contributed by atoms with Crippen LogP contribution in [0.25, 0.3) is 0 Å². The second kappa shape index (κ2) is 9.07. The van der Waals surface area contributed by atoms with Gasteiger partial charge in [-0.25, -0.2) is 0 Å². The molecule has 3 heterocycles. The van der Waals surface area contributed by atoms with Gasteiger partial charge in [-0.15, -0.1) is 0 Å². The van der Waals surface area contributed by atoms with Crippen LogP contribution in [-0.2, 0) is 13.1 Å². The van der Waals surface area contributed by atoms with Crippen molar-refractivity contribution in [2.45, 2.75) is 13.1 Å². The third-order valence-electron chi connectivity index (χ3n) is 6.37. The van der Waals surface area contributed by atoms with Crippen LogP contribution in [0.2, 0.25) is 0 Å². The average molecular weight is 446 g/mol. The molecule has 0 bridgehead atoms. The molecule has 5 rings (SSSR count). The maximum atomic E-state index is 13.2. The van der Waals surface area contributed by atoms with Gasteiger partial charge in [0.1, 0.15) is 5.75 Å². The molecular weight excluding hydrogens is 418 g/mol. The Balaban J connectivity index is 1.25. The van der Waals surface area contributed by atoms with E-state index in [-0.39, 0.29) is 11.8 Å². The summed E-state index contributed by atoms with van der Waals surface area (Å²) in [7, 11) is 1.67. The Morgan fingerprint density at radius 2 is 1.70 bits per heavy atom. The van der Waals surface area contributed by atoms with E-state index in [0.29, 0.717) is 24.2 Å². The highest BCUT2D eigenvalue weighted by molar-refractivity contribution is 6.23. The Kier molecular flexibility index (Phi) is 5.83. The molecule has 170 valence electrons. The Bertz CT molecular complexity index is 1140. The first-order valence-corrected chi connectivity index (χ1v) is 11.2. The average Bonchev–Trinajstić information content (AvgIpc) is 3.46. The molecule has 2 aromatic carbocycles. The van der Waals surface area contributed by atoms with Crippen LogP contribution in [0.1, 0.15) is 26.3 Å². The van der Waals surface area contributed by atoms with Crippen molar-refractivity contribution in [2.24, 2.45) is 0 Å². The van der Waals surface area contributed by atoms with E-state index in [4.69, 9.17) is 4.74 Å². The molecule has 1 saturated heterocycles. The smallest absolute Gasteiger partial charge is 0.263 e. The number of hydrogen-bond acceptors (Lipinski definition) is 6. The predicted octanol–water partition coefficient (Wildman–Crippen LogP) is 2.51. The van der Waals surface area contributed by atoms with Crippen molar-refractivity contribution in [1.29, 1.82) is 0 Å². The maximum Gasteiger partial charge on any atom is 0.263 e. The first-order valence-electron chi connectivity index (χ1n) is 11.2. The van der Waals surface area contributed by atoms with Crippen LogP contribution in [0, 0.1) is 0 Å². The number of ether oxygens (including phenoxy) is 1. The number of fused-ring (bicyclic) bond motifs is 1. The molecule has 0 N–H and O–H groups in total. The van der Waals surface area contributed by atoms with Crippen LogP contribution in [-0.4, -0.2) is 71.2 Å². The third-order valence-corrected chi connectivity index (χ3v) is 6.37. The van der Waals surface area contributed by atoms with Crippen molar-refractivity contribution < 1.29 is 14.3 Å². The predicted molar refractivity (Wildman–Crippen MR) is 125 cm³/mol. The highest BCUT2D eigenvalue weighted by Crippen LogP contribution is 2.32. The number of carbonyl (C=O) groups excluding carboxylic acids is 2. The van der Waals surface area contributed by atoms with Crippen molar-refractivity contribution >= 4 is 17.5 Å². The standard InChI is InChI=1S/C25H27N5O3/c1-33-20-8-6-19(7-9-20)18-27-12-14-28(15-13-27)22-5-2-4-21-23(22)25(32)30(24(21)31)17-16-29-11-3-10-26-29/h2-11H,12-18H2,1H3. The molecule has 2 aliphatic heterocycles. The highest BCUT2D eigenvalue weighted by atomic mass is 16.5. The van der Waals surface area contributed by atoms with Gasteiger partial charge in [0.2, 0.25) is 0 Å². The summed E-state index contributed by atoms with van der Waals surface area (Å²) in [5.74, 6) is 0.431. The maximum absolute atomic E-state index is 13.2. The molecule has 0 atom stereocenters. The molecule has 1 fully saturated rings. The molecule has 0 spiro atoms. The molecule has 8 heteroatoms. The molecule has 0 saturated carbocycles. The minimum Gasteiger partial charge on any atom is -0.497 e. The minimum atomic E-state index is -0.220. The highest BCUT2D eigenvalue weighted by Gasteiger charge is 2.38. The zero-order valence-corrected chi connectivity index (χ0v) is 18.7. The number of anilines is 1. The van der Waals surface area contributed by atoms with Crippen molar-refractivity contribution in [3.05, 3.63) is 77.6 Å². The van der Waals surface area contributed by atoms with E-state index in [2.05, 4.69) is 27.0 Å². The van der Waals surface area contributed by atoms with Gasteiger partial charge >= 0.3 is 0 Å². The van der Waals surface area contributed by atoms with Gasteiger partial charge in [0.05, 0.1) is 30.5 Å². The Labute approximate surface area is 193 Å². The van der Waals surface area contributed by atoms with E-state index in [1.54, 1.807) is 24.1 Å². The molecule has 3 aromatic rings. The number of benzene rings is 2. The number of imide groups is 1. The molecule has 0 aliphatic carbocycles. The summed E-state index contributed by atoms with van der Waals surface area (Å²) >= 11 is 0. The summed E-state index contributed by atoms with van der Waals surface area (Å²) in [6, 6.07) is 15.6. The number of amides is 2. The van der Waals surface area contributed by atoms with Crippen molar-refractivity contribution in [1.82, 2.24) is 19.6 Å². The summed E-state index contributed by atoms with van der Waals surface area (Å²) in [5, 5.41) is 4.16. The van der Waals surface area contributed by atoms with Gasteiger partial charge in [-0.3, -0.25) is 24.1 Å². The lowest BCUT2D eigenvalue weighted by molar-refractivity contribution is 0.0647. The van der Waals surface area contributed by atoms with Crippen LogP contribution < -0.4 is 9.64 Å². The number of piperazine rings is 1. The number of nitrogens with zero attached hydrogens (tertiary/aromatic N) is 5. The number of carbonyl (C=O) groups is 2. The first-order chi connectivity index (χ1) is 16.1. The minimum absolute atomic E-state index is 0.210. The van der Waals surface area contributed by atoms with Crippen molar-refractivity contribution in [3.8, 4) is 5.75 Å². The number of aromatic nitrogens is 2. The van der Waals surface area contributed by atoms with Crippen LogP contribution >= 0.6 is 0 Å². The van der Waals surface area contributed by atoms with Gasteiger partial charge in [0, 0.05) is 51.7 Å². The lowest BCUT2D eigenvalue weighted by atomic mass is 10.1. The summed E-state index contributed by atoms with van der Waals surface area (Å²) in [6.07, 6.45) is 3.52. The van der Waals surface area contributed by atoms with Gasteiger partial charge in [-0.1, -0.05) is 18.2 Å². The van der Waals surface area contributed by atoms with E-state index >= 15 is 0 Å². The van der Waals surface area contributed by atoms with Gasteiger partial charge in [0.25, 0.3) is 11.8 Å². The van der Waals surface area contributed by atoms with Gasteiger partial charge in [-0.2, -0.15) is 5.10 Å². The normalized spacial score (nSPS) is 16.4. The fourth-order valence-corrected chi connectivity index (χ4v) is 4.55. The van der Waals surface area contributed by atoms with Crippen LogP contribution in [0.15, 0.2) is 60.9 Å². The molecule has 2 aliphatic rings. The van der Waals surface area contributed by atoms with Gasteiger partial charge in [0.15, 0.2) is 0 Å². The number of hydrogen-bond donors (Lipinski definition) is 0. The molecular formula is C25H27N5O3. The molecule has 0 unspecified atom stereocenters. The lowest BCUT2D eigenvalue weighted by Crippen LogP contribution is -2.46. The van der Waals surface area contributed by atoms with Crippen LogP contribution in [0.5, 0.6) is 5.75 Å². The lowest BCUT2D eigenvalue weighted by Gasteiger charge is -2.36. The van der Waals surface area contributed by atoms with E-state index < -0.39 is 0 Å². The SMILES string of the molecule is COc1ccc(CN2CCN(c3cccc4c3C(=O)N(CCn3cccn3)C4=O)CC2)cc1. The quantitative estimate of drug-likeness (QED) is 0.521. The van der Waals surface area contributed by atoms with Crippen molar-refractivity contribution in [3.63, 3.8) is 0 Å². The largest absolute Gasteiger partial charge is 0.497 e. The molecule has 8 nitrogen and oxygen atoms in total. The first kappa shape index (κ1) is 21.2.